The van der Waals surface area contributed by atoms with Gasteiger partial charge in [0.2, 0.25) is 5.89 Å². The van der Waals surface area contributed by atoms with Gasteiger partial charge in [0.25, 0.3) is 5.89 Å². The highest BCUT2D eigenvalue weighted by molar-refractivity contribution is 6.32. The third-order valence-corrected chi connectivity index (χ3v) is 3.35. The summed E-state index contributed by atoms with van der Waals surface area (Å²) in [6, 6.07) is 10.9. The molecule has 2 aromatic carbocycles. The van der Waals surface area contributed by atoms with Gasteiger partial charge in [-0.3, -0.25) is 0 Å². The van der Waals surface area contributed by atoms with Crippen LogP contribution in [-0.2, 0) is 6.61 Å². The van der Waals surface area contributed by atoms with Crippen molar-refractivity contribution in [1.82, 2.24) is 10.2 Å². The second-order valence-corrected chi connectivity index (χ2v) is 5.21. The minimum Gasteiger partial charge on any atom is -0.482 e. The van der Waals surface area contributed by atoms with E-state index in [1.807, 2.05) is 0 Å². The molecule has 1 heterocycles. The molecule has 0 saturated heterocycles. The fraction of sp³-hybridized carbons (Fsp3) is 0.0667. The Morgan fingerprint density at radius 3 is 2.55 bits per heavy atom. The molecule has 0 aliphatic rings. The Kier molecular flexibility index (Phi) is 4.27. The predicted octanol–water partition coefficient (Wildman–Crippen LogP) is 4.76. The average Bonchev–Trinajstić information content (AvgIpc) is 2.96. The lowest BCUT2D eigenvalue weighted by atomic mass is 10.2. The average molecular weight is 339 g/mol. The number of rotatable bonds is 4. The number of hydrogen-bond acceptors (Lipinski definition) is 4. The number of halogens is 3. The molecule has 0 fully saturated rings. The summed E-state index contributed by atoms with van der Waals surface area (Å²) in [6.07, 6.45) is 0. The van der Waals surface area contributed by atoms with Gasteiger partial charge in [0.1, 0.15) is 11.6 Å². The Morgan fingerprint density at radius 1 is 1.05 bits per heavy atom. The lowest BCUT2D eigenvalue weighted by molar-refractivity contribution is 0.264. The SMILES string of the molecule is Fc1ccc(OCc2nnc(-c3ccc(Cl)cc3)o2)c(Cl)c1. The van der Waals surface area contributed by atoms with E-state index < -0.39 is 5.82 Å². The summed E-state index contributed by atoms with van der Waals surface area (Å²) in [5.41, 5.74) is 0.753. The number of hydrogen-bond donors (Lipinski definition) is 0. The zero-order valence-electron chi connectivity index (χ0n) is 11.1. The number of nitrogens with zero attached hydrogens (tertiary/aromatic N) is 2. The zero-order valence-corrected chi connectivity index (χ0v) is 12.6. The summed E-state index contributed by atoms with van der Waals surface area (Å²) >= 11 is 11.7. The van der Waals surface area contributed by atoms with Crippen LogP contribution in [0.1, 0.15) is 5.89 Å². The van der Waals surface area contributed by atoms with E-state index in [0.717, 1.165) is 5.56 Å². The van der Waals surface area contributed by atoms with Crippen LogP contribution in [0, 0.1) is 5.82 Å². The molecule has 0 saturated carbocycles. The van der Waals surface area contributed by atoms with Crippen molar-refractivity contribution < 1.29 is 13.5 Å². The lowest BCUT2D eigenvalue weighted by Crippen LogP contribution is -1.96. The Hall–Kier alpha value is -2.11. The minimum absolute atomic E-state index is 0.0337. The van der Waals surface area contributed by atoms with Crippen LogP contribution in [-0.4, -0.2) is 10.2 Å². The first kappa shape index (κ1) is 14.8. The van der Waals surface area contributed by atoms with Gasteiger partial charge in [-0.2, -0.15) is 0 Å². The molecule has 0 unspecified atom stereocenters. The molecule has 0 atom stereocenters. The molecule has 0 aliphatic carbocycles. The van der Waals surface area contributed by atoms with Gasteiger partial charge in [-0.25, -0.2) is 4.39 Å². The molecular formula is C15H9Cl2FN2O2. The first-order valence-electron chi connectivity index (χ1n) is 6.28. The fourth-order valence-corrected chi connectivity index (χ4v) is 2.10. The van der Waals surface area contributed by atoms with Crippen molar-refractivity contribution in [2.75, 3.05) is 0 Å². The van der Waals surface area contributed by atoms with Crippen molar-refractivity contribution >= 4 is 23.2 Å². The van der Waals surface area contributed by atoms with Crippen molar-refractivity contribution in [2.45, 2.75) is 6.61 Å². The second-order valence-electron chi connectivity index (χ2n) is 4.37. The smallest absolute Gasteiger partial charge is 0.254 e. The predicted molar refractivity (Wildman–Crippen MR) is 80.5 cm³/mol. The molecule has 0 spiro atoms. The maximum Gasteiger partial charge on any atom is 0.254 e. The van der Waals surface area contributed by atoms with E-state index in [0.29, 0.717) is 16.7 Å². The van der Waals surface area contributed by atoms with E-state index in [4.69, 9.17) is 32.4 Å². The van der Waals surface area contributed by atoms with Crippen molar-refractivity contribution in [2.24, 2.45) is 0 Å². The molecule has 0 amide bonds. The molecule has 0 aliphatic heterocycles. The van der Waals surface area contributed by atoms with Crippen molar-refractivity contribution in [3.63, 3.8) is 0 Å². The quantitative estimate of drug-likeness (QED) is 0.687. The maximum atomic E-state index is 12.9. The highest BCUT2D eigenvalue weighted by Gasteiger charge is 2.10. The van der Waals surface area contributed by atoms with Crippen LogP contribution < -0.4 is 4.74 Å². The molecule has 3 aromatic rings. The van der Waals surface area contributed by atoms with Gasteiger partial charge in [-0.05, 0) is 42.5 Å². The molecule has 7 heteroatoms. The third-order valence-electron chi connectivity index (χ3n) is 2.80. The van der Waals surface area contributed by atoms with Crippen molar-refractivity contribution in [3.05, 3.63) is 64.2 Å². The van der Waals surface area contributed by atoms with Crippen LogP contribution in [0.4, 0.5) is 4.39 Å². The van der Waals surface area contributed by atoms with E-state index in [2.05, 4.69) is 10.2 Å². The summed E-state index contributed by atoms with van der Waals surface area (Å²) in [4.78, 5) is 0. The van der Waals surface area contributed by atoms with Crippen molar-refractivity contribution in [1.29, 1.82) is 0 Å². The van der Waals surface area contributed by atoms with Crippen molar-refractivity contribution in [3.8, 4) is 17.2 Å². The Morgan fingerprint density at radius 2 is 1.82 bits per heavy atom. The normalized spacial score (nSPS) is 10.7. The van der Waals surface area contributed by atoms with Gasteiger partial charge in [-0.1, -0.05) is 23.2 Å². The van der Waals surface area contributed by atoms with Crippen LogP contribution in [0.5, 0.6) is 5.75 Å². The van der Waals surface area contributed by atoms with E-state index >= 15 is 0 Å². The third kappa shape index (κ3) is 3.37. The molecule has 22 heavy (non-hydrogen) atoms. The van der Waals surface area contributed by atoms with Crippen LogP contribution in [0.3, 0.4) is 0 Å². The van der Waals surface area contributed by atoms with Gasteiger partial charge in [-0.15, -0.1) is 10.2 Å². The fourth-order valence-electron chi connectivity index (χ4n) is 1.75. The van der Waals surface area contributed by atoms with Crippen LogP contribution in [0.25, 0.3) is 11.5 Å². The van der Waals surface area contributed by atoms with Crippen LogP contribution >= 0.6 is 23.2 Å². The van der Waals surface area contributed by atoms with E-state index in [-0.39, 0.29) is 17.5 Å². The number of aromatic nitrogens is 2. The number of ether oxygens (including phenoxy) is 1. The van der Waals surface area contributed by atoms with Gasteiger partial charge >= 0.3 is 0 Å². The summed E-state index contributed by atoms with van der Waals surface area (Å²) in [5, 5.41) is 8.62. The van der Waals surface area contributed by atoms with E-state index in [9.17, 15) is 4.39 Å². The first-order valence-corrected chi connectivity index (χ1v) is 7.03. The number of benzene rings is 2. The lowest BCUT2D eigenvalue weighted by Gasteiger charge is -2.05. The molecule has 3 rings (SSSR count). The highest BCUT2D eigenvalue weighted by atomic mass is 35.5. The summed E-state index contributed by atoms with van der Waals surface area (Å²) in [6.45, 7) is 0.0337. The van der Waals surface area contributed by atoms with E-state index in [1.165, 1.54) is 18.2 Å². The highest BCUT2D eigenvalue weighted by Crippen LogP contribution is 2.26. The van der Waals surface area contributed by atoms with Gasteiger partial charge in [0, 0.05) is 10.6 Å². The van der Waals surface area contributed by atoms with E-state index in [1.54, 1.807) is 24.3 Å². The van der Waals surface area contributed by atoms with Gasteiger partial charge in [0.05, 0.1) is 5.02 Å². The zero-order chi connectivity index (χ0) is 15.5. The molecule has 4 nitrogen and oxygen atoms in total. The van der Waals surface area contributed by atoms with Crippen LogP contribution in [0.15, 0.2) is 46.9 Å². The minimum atomic E-state index is -0.430. The Labute approximate surface area is 135 Å². The summed E-state index contributed by atoms with van der Waals surface area (Å²) in [5.74, 6) is 0.556. The van der Waals surface area contributed by atoms with Gasteiger partial charge < -0.3 is 9.15 Å². The summed E-state index contributed by atoms with van der Waals surface area (Å²) < 4.78 is 23.9. The molecule has 0 bridgehead atoms. The summed E-state index contributed by atoms with van der Waals surface area (Å²) in [7, 11) is 0. The Balaban J connectivity index is 1.70. The molecule has 1 aromatic heterocycles. The standard InChI is InChI=1S/C15H9Cl2FN2O2/c16-10-3-1-9(2-4-10)15-20-19-14(22-15)8-21-13-6-5-11(18)7-12(13)17/h1-7H,8H2. The van der Waals surface area contributed by atoms with Crippen LogP contribution in [0.2, 0.25) is 10.0 Å². The largest absolute Gasteiger partial charge is 0.482 e. The molecular weight excluding hydrogens is 330 g/mol. The Bertz CT molecular complexity index is 790. The second kappa shape index (κ2) is 6.34. The topological polar surface area (TPSA) is 48.2 Å². The molecule has 112 valence electrons. The maximum absolute atomic E-state index is 12.9. The first-order chi connectivity index (χ1) is 10.6. The monoisotopic (exact) mass is 338 g/mol. The van der Waals surface area contributed by atoms with Gasteiger partial charge in [0.15, 0.2) is 6.61 Å². The molecule has 0 N–H and O–H groups in total. The molecule has 0 radical (unpaired) electrons.